The number of aromatic nitrogens is 1. The van der Waals surface area contributed by atoms with Gasteiger partial charge in [-0.25, -0.2) is 0 Å². The first-order valence-corrected chi connectivity index (χ1v) is 4.61. The third kappa shape index (κ3) is 2.13. The molecule has 0 atom stereocenters. The van der Waals surface area contributed by atoms with Gasteiger partial charge in [0, 0.05) is 17.1 Å². The molecule has 0 amide bonds. The number of hydrogen-bond acceptors (Lipinski definition) is 2. The maximum atomic E-state index is 8.35. The van der Waals surface area contributed by atoms with Crippen LogP contribution in [0.5, 0.6) is 0 Å². The number of fused-ring (bicyclic) bond motifs is 1. The molecular weight excluding hydrogens is 184 g/mol. The van der Waals surface area contributed by atoms with Crippen molar-refractivity contribution in [1.82, 2.24) is 4.98 Å². The second-order valence-electron chi connectivity index (χ2n) is 3.05. The van der Waals surface area contributed by atoms with Gasteiger partial charge in [0.05, 0.1) is 18.0 Å². The van der Waals surface area contributed by atoms with E-state index in [1.165, 1.54) is 0 Å². The number of nitrogens with zero attached hydrogens (tertiary/aromatic N) is 2. The van der Waals surface area contributed by atoms with Crippen LogP contribution in [-0.4, -0.2) is 4.98 Å². The lowest BCUT2D eigenvalue weighted by atomic mass is 10.1. The molecule has 1 heterocycles. The van der Waals surface area contributed by atoms with Crippen molar-refractivity contribution in [3.8, 4) is 17.9 Å². The van der Waals surface area contributed by atoms with E-state index < -0.39 is 0 Å². The Labute approximate surface area is 88.2 Å². The van der Waals surface area contributed by atoms with Gasteiger partial charge in [0.2, 0.25) is 0 Å². The lowest BCUT2D eigenvalue weighted by Gasteiger charge is -1.95. The van der Waals surface area contributed by atoms with Crippen molar-refractivity contribution in [2.24, 2.45) is 0 Å². The molecule has 2 heteroatoms. The van der Waals surface area contributed by atoms with Gasteiger partial charge in [0.25, 0.3) is 0 Å². The van der Waals surface area contributed by atoms with Crippen LogP contribution in [0.1, 0.15) is 12.0 Å². The van der Waals surface area contributed by atoms with Gasteiger partial charge in [-0.1, -0.05) is 17.9 Å². The molecule has 1 aromatic heterocycles. The fourth-order valence-electron chi connectivity index (χ4n) is 1.34. The highest BCUT2D eigenvalue weighted by atomic mass is 14.6. The third-order valence-corrected chi connectivity index (χ3v) is 2.00. The number of benzene rings is 1. The Morgan fingerprint density at radius 2 is 2.20 bits per heavy atom. The zero-order valence-corrected chi connectivity index (χ0v) is 8.07. The smallest absolute Gasteiger partial charge is 0.0966 e. The molecule has 0 saturated heterocycles. The number of nitriles is 1. The molecule has 0 fully saturated rings. The van der Waals surface area contributed by atoms with Crippen molar-refractivity contribution in [2.45, 2.75) is 6.42 Å². The van der Waals surface area contributed by atoms with Crippen molar-refractivity contribution in [3.05, 3.63) is 42.1 Å². The number of hydrogen-bond donors (Lipinski definition) is 0. The second kappa shape index (κ2) is 4.26. The van der Waals surface area contributed by atoms with Gasteiger partial charge >= 0.3 is 0 Å². The van der Waals surface area contributed by atoms with Crippen LogP contribution in [0.3, 0.4) is 0 Å². The Balaban J connectivity index is 2.41. The number of rotatable bonds is 0. The molecule has 0 aliphatic carbocycles. The molecule has 0 N–H and O–H groups in total. The molecule has 0 aliphatic heterocycles. The van der Waals surface area contributed by atoms with E-state index in [0.29, 0.717) is 0 Å². The lowest BCUT2D eigenvalue weighted by molar-refractivity contribution is 1.39. The molecule has 0 spiro atoms. The van der Waals surface area contributed by atoms with Crippen LogP contribution in [0.25, 0.3) is 10.9 Å². The minimum atomic E-state index is 0.269. The summed E-state index contributed by atoms with van der Waals surface area (Å²) >= 11 is 0. The van der Waals surface area contributed by atoms with Gasteiger partial charge in [-0.3, -0.25) is 4.98 Å². The van der Waals surface area contributed by atoms with Crippen LogP contribution in [0.4, 0.5) is 0 Å². The molecular formula is C13H8N2. The summed E-state index contributed by atoms with van der Waals surface area (Å²) in [6.45, 7) is 0. The summed E-state index contributed by atoms with van der Waals surface area (Å²) in [6.07, 6.45) is 2.04. The average molecular weight is 192 g/mol. The lowest BCUT2D eigenvalue weighted by Crippen LogP contribution is -1.79. The van der Waals surface area contributed by atoms with Crippen LogP contribution in [-0.2, 0) is 0 Å². The molecule has 70 valence electrons. The fourth-order valence-corrected chi connectivity index (χ4v) is 1.34. The van der Waals surface area contributed by atoms with Crippen molar-refractivity contribution in [2.75, 3.05) is 0 Å². The highest BCUT2D eigenvalue weighted by molar-refractivity contribution is 5.79. The summed E-state index contributed by atoms with van der Waals surface area (Å²) < 4.78 is 0. The third-order valence-electron chi connectivity index (χ3n) is 2.00. The summed E-state index contributed by atoms with van der Waals surface area (Å²) in [5, 5.41) is 9.42. The SMILES string of the molecule is N#CCC#Cc1ccc2ncccc2c1. The van der Waals surface area contributed by atoms with Gasteiger partial charge in [-0.2, -0.15) is 5.26 Å². The molecule has 0 radical (unpaired) electrons. The summed E-state index contributed by atoms with van der Waals surface area (Å²) in [5.74, 6) is 5.72. The van der Waals surface area contributed by atoms with Gasteiger partial charge < -0.3 is 0 Å². The van der Waals surface area contributed by atoms with Crippen LogP contribution >= 0.6 is 0 Å². The van der Waals surface area contributed by atoms with E-state index in [4.69, 9.17) is 5.26 Å². The van der Waals surface area contributed by atoms with E-state index in [1.54, 1.807) is 6.20 Å². The zero-order chi connectivity index (χ0) is 10.5. The first-order valence-electron chi connectivity index (χ1n) is 4.61. The first-order chi connectivity index (χ1) is 7.40. The van der Waals surface area contributed by atoms with Crippen molar-refractivity contribution in [3.63, 3.8) is 0 Å². The summed E-state index contributed by atoms with van der Waals surface area (Å²) in [5.41, 5.74) is 1.88. The van der Waals surface area contributed by atoms with Gasteiger partial charge in [-0.15, -0.1) is 0 Å². The maximum absolute atomic E-state index is 8.35. The quantitative estimate of drug-likeness (QED) is 0.601. The molecule has 15 heavy (non-hydrogen) atoms. The second-order valence-corrected chi connectivity index (χ2v) is 3.05. The Bertz CT molecular complexity index is 582. The molecule has 0 bridgehead atoms. The van der Waals surface area contributed by atoms with E-state index in [0.717, 1.165) is 16.5 Å². The minimum absolute atomic E-state index is 0.269. The average Bonchev–Trinajstić information content (AvgIpc) is 2.29. The predicted molar refractivity (Wildman–Crippen MR) is 58.9 cm³/mol. The normalized spacial score (nSPS) is 9.00. The highest BCUT2D eigenvalue weighted by Gasteiger charge is 1.93. The number of pyridine rings is 1. The van der Waals surface area contributed by atoms with Crippen molar-refractivity contribution >= 4 is 10.9 Å². The molecule has 2 aromatic rings. The molecule has 0 unspecified atom stereocenters. The minimum Gasteiger partial charge on any atom is -0.256 e. The molecule has 1 aromatic carbocycles. The van der Waals surface area contributed by atoms with Gasteiger partial charge in [0.15, 0.2) is 0 Å². The molecule has 2 rings (SSSR count). The summed E-state index contributed by atoms with van der Waals surface area (Å²) in [6, 6.07) is 11.7. The largest absolute Gasteiger partial charge is 0.256 e. The summed E-state index contributed by atoms with van der Waals surface area (Å²) in [4.78, 5) is 4.22. The predicted octanol–water partition coefficient (Wildman–Crippen LogP) is 2.50. The topological polar surface area (TPSA) is 36.7 Å². The van der Waals surface area contributed by atoms with Crippen LogP contribution in [0.2, 0.25) is 0 Å². The van der Waals surface area contributed by atoms with E-state index in [2.05, 4.69) is 16.8 Å². The van der Waals surface area contributed by atoms with E-state index in [1.807, 2.05) is 36.4 Å². The monoisotopic (exact) mass is 192 g/mol. The van der Waals surface area contributed by atoms with Crippen LogP contribution in [0.15, 0.2) is 36.5 Å². The standard InChI is InChI=1S/C13H8N2/c14-8-2-1-4-11-6-7-13-12(10-11)5-3-9-15-13/h3,5-7,9-10H,2H2. The highest BCUT2D eigenvalue weighted by Crippen LogP contribution is 2.12. The Kier molecular flexibility index (Phi) is 2.63. The Morgan fingerprint density at radius 1 is 1.27 bits per heavy atom. The van der Waals surface area contributed by atoms with Gasteiger partial charge in [-0.05, 0) is 24.3 Å². The van der Waals surface area contributed by atoms with E-state index in [-0.39, 0.29) is 6.42 Å². The zero-order valence-electron chi connectivity index (χ0n) is 8.07. The molecule has 0 saturated carbocycles. The first kappa shape index (κ1) is 9.24. The summed E-state index contributed by atoms with van der Waals surface area (Å²) in [7, 11) is 0. The van der Waals surface area contributed by atoms with E-state index >= 15 is 0 Å². The molecule has 2 nitrogen and oxygen atoms in total. The molecule has 0 aliphatic rings. The maximum Gasteiger partial charge on any atom is 0.0966 e. The van der Waals surface area contributed by atoms with E-state index in [9.17, 15) is 0 Å². The Morgan fingerprint density at radius 3 is 3.07 bits per heavy atom. The fraction of sp³-hybridized carbons (Fsp3) is 0.0769. The Hall–Kier alpha value is -2.32. The van der Waals surface area contributed by atoms with Crippen molar-refractivity contribution in [1.29, 1.82) is 5.26 Å². The van der Waals surface area contributed by atoms with Crippen molar-refractivity contribution < 1.29 is 0 Å². The van der Waals surface area contributed by atoms with Gasteiger partial charge in [0.1, 0.15) is 0 Å². The van der Waals surface area contributed by atoms with Crippen LogP contribution in [0, 0.1) is 23.2 Å². The van der Waals surface area contributed by atoms with Crippen LogP contribution < -0.4 is 0 Å².